The first-order valence-electron chi connectivity index (χ1n) is 8.80. The van der Waals surface area contributed by atoms with Gasteiger partial charge in [0.1, 0.15) is 11.7 Å². The predicted molar refractivity (Wildman–Crippen MR) is 95.0 cm³/mol. The van der Waals surface area contributed by atoms with Crippen molar-refractivity contribution >= 4 is 17.7 Å². The Morgan fingerprint density at radius 3 is 2.86 bits per heavy atom. The van der Waals surface area contributed by atoms with E-state index in [2.05, 4.69) is 25.8 Å². The lowest BCUT2D eigenvalue weighted by Gasteiger charge is -2.29. The van der Waals surface area contributed by atoms with E-state index in [1.54, 1.807) is 35.4 Å². The average molecular weight is 377 g/mol. The summed E-state index contributed by atoms with van der Waals surface area (Å²) < 4.78 is 1.61. The number of hydrogen-bond donors (Lipinski definition) is 2. The van der Waals surface area contributed by atoms with E-state index in [4.69, 9.17) is 0 Å². The van der Waals surface area contributed by atoms with Crippen molar-refractivity contribution in [2.24, 2.45) is 0 Å². The molecule has 28 heavy (non-hydrogen) atoms. The number of imide groups is 1. The molecule has 0 spiro atoms. The van der Waals surface area contributed by atoms with Gasteiger partial charge in [-0.25, -0.2) is 4.68 Å². The summed E-state index contributed by atoms with van der Waals surface area (Å²) in [6.07, 6.45) is 5.68. The maximum atomic E-state index is 12.9. The van der Waals surface area contributed by atoms with Crippen molar-refractivity contribution in [1.82, 2.24) is 35.4 Å². The molecule has 3 aromatic rings. The lowest BCUT2D eigenvalue weighted by molar-refractivity contribution is -0.136. The third-order valence-electron chi connectivity index (χ3n) is 5.09. The third kappa shape index (κ3) is 2.49. The van der Waals surface area contributed by atoms with Gasteiger partial charge in [-0.3, -0.25) is 24.8 Å². The van der Waals surface area contributed by atoms with E-state index in [9.17, 15) is 14.4 Å². The Balaban J connectivity index is 1.49. The van der Waals surface area contributed by atoms with Crippen LogP contribution in [-0.2, 0) is 16.1 Å². The van der Waals surface area contributed by atoms with Gasteiger partial charge in [-0.15, -0.1) is 5.10 Å². The molecule has 0 aliphatic carbocycles. The highest BCUT2D eigenvalue weighted by atomic mass is 16.2. The van der Waals surface area contributed by atoms with Crippen molar-refractivity contribution in [3.8, 4) is 16.9 Å². The zero-order valence-corrected chi connectivity index (χ0v) is 14.6. The van der Waals surface area contributed by atoms with Crippen molar-refractivity contribution < 1.29 is 14.4 Å². The van der Waals surface area contributed by atoms with Gasteiger partial charge in [0.2, 0.25) is 11.8 Å². The highest BCUT2D eigenvalue weighted by Crippen LogP contribution is 2.31. The molecule has 2 N–H and O–H groups in total. The number of nitrogens with zero attached hydrogens (tertiary/aromatic N) is 5. The highest BCUT2D eigenvalue weighted by Gasteiger charge is 2.40. The molecule has 10 heteroatoms. The molecule has 140 valence electrons. The third-order valence-corrected chi connectivity index (χ3v) is 5.09. The second-order valence-electron chi connectivity index (χ2n) is 6.74. The molecule has 5 rings (SSSR count). The van der Waals surface area contributed by atoms with Crippen LogP contribution in [-0.4, -0.2) is 53.9 Å². The molecular weight excluding hydrogens is 362 g/mol. The Hall–Kier alpha value is -3.82. The van der Waals surface area contributed by atoms with Gasteiger partial charge in [0.05, 0.1) is 18.1 Å². The van der Waals surface area contributed by atoms with E-state index in [1.807, 2.05) is 6.07 Å². The van der Waals surface area contributed by atoms with E-state index in [0.29, 0.717) is 17.7 Å². The molecule has 1 saturated heterocycles. The van der Waals surface area contributed by atoms with Gasteiger partial charge in [0, 0.05) is 35.9 Å². The second kappa shape index (κ2) is 6.12. The number of piperidine rings is 1. The normalized spacial score (nSPS) is 19.1. The summed E-state index contributed by atoms with van der Waals surface area (Å²) in [4.78, 5) is 38.0. The summed E-state index contributed by atoms with van der Waals surface area (Å²) in [6, 6.07) is 4.72. The first-order chi connectivity index (χ1) is 13.6. The van der Waals surface area contributed by atoms with Crippen LogP contribution in [0.2, 0.25) is 0 Å². The molecule has 0 saturated carbocycles. The van der Waals surface area contributed by atoms with Crippen LogP contribution in [0.1, 0.15) is 28.8 Å². The molecule has 2 aliphatic heterocycles. The lowest BCUT2D eigenvalue weighted by atomic mass is 10.0. The number of nitrogens with one attached hydrogen (secondary N) is 2. The fourth-order valence-corrected chi connectivity index (χ4v) is 3.69. The summed E-state index contributed by atoms with van der Waals surface area (Å²) in [5.41, 5.74) is 3.49. The Bertz CT molecular complexity index is 1100. The molecular formula is C18H15N7O3. The molecule has 2 aliphatic rings. The number of carbonyl (C=O) groups is 3. The van der Waals surface area contributed by atoms with Gasteiger partial charge in [0.15, 0.2) is 0 Å². The summed E-state index contributed by atoms with van der Waals surface area (Å²) in [5, 5.41) is 17.3. The Labute approximate surface area is 158 Å². The SMILES string of the molecule is O=C1CCC(N2Cc3c(cccc3-n3cc(-c4cn[nH]c4)nn3)C2=O)C(=O)N1. The largest absolute Gasteiger partial charge is 0.322 e. The summed E-state index contributed by atoms with van der Waals surface area (Å²) in [5.74, 6) is -0.955. The van der Waals surface area contributed by atoms with Gasteiger partial charge in [-0.05, 0) is 18.6 Å². The van der Waals surface area contributed by atoms with Gasteiger partial charge in [0.25, 0.3) is 5.91 Å². The first kappa shape index (κ1) is 16.4. The number of rotatable bonds is 3. The van der Waals surface area contributed by atoms with E-state index < -0.39 is 11.9 Å². The minimum atomic E-state index is -0.650. The van der Waals surface area contributed by atoms with Crippen molar-refractivity contribution in [3.63, 3.8) is 0 Å². The Morgan fingerprint density at radius 1 is 1.18 bits per heavy atom. The quantitative estimate of drug-likeness (QED) is 0.637. The standard InChI is InChI=1S/C18H15N7O3/c26-16-5-4-15(17(27)21-16)24-8-12-11(18(24)28)2-1-3-14(12)25-9-13(22-23-25)10-6-19-20-7-10/h1-3,6-7,9,15H,4-5,8H2,(H,19,20)(H,21,26,27). The Kier molecular flexibility index (Phi) is 3.57. The minimum absolute atomic E-state index is 0.221. The summed E-state index contributed by atoms with van der Waals surface area (Å²) in [6.45, 7) is 0.275. The van der Waals surface area contributed by atoms with Crippen LogP contribution in [0.5, 0.6) is 0 Å². The van der Waals surface area contributed by atoms with Crippen molar-refractivity contribution in [1.29, 1.82) is 0 Å². The number of hydrogen-bond acceptors (Lipinski definition) is 6. The van der Waals surface area contributed by atoms with E-state index in [1.165, 1.54) is 4.90 Å². The first-order valence-corrected chi connectivity index (χ1v) is 8.80. The molecule has 1 unspecified atom stereocenters. The van der Waals surface area contributed by atoms with Crippen LogP contribution in [0.3, 0.4) is 0 Å². The zero-order valence-electron chi connectivity index (χ0n) is 14.6. The molecule has 0 bridgehead atoms. The summed E-state index contributed by atoms with van der Waals surface area (Å²) in [7, 11) is 0. The topological polar surface area (TPSA) is 126 Å². The molecule has 3 amide bonds. The number of H-pyrrole nitrogens is 1. The van der Waals surface area contributed by atoms with Gasteiger partial charge >= 0.3 is 0 Å². The molecule has 1 atom stereocenters. The number of fused-ring (bicyclic) bond motifs is 1. The maximum Gasteiger partial charge on any atom is 0.255 e. The van der Waals surface area contributed by atoms with Crippen molar-refractivity contribution in [3.05, 3.63) is 47.9 Å². The minimum Gasteiger partial charge on any atom is -0.322 e. The predicted octanol–water partition coefficient (Wildman–Crippen LogP) is 0.418. The van der Waals surface area contributed by atoms with Crippen LogP contribution >= 0.6 is 0 Å². The van der Waals surface area contributed by atoms with Crippen molar-refractivity contribution in [2.75, 3.05) is 0 Å². The van der Waals surface area contributed by atoms with Crippen molar-refractivity contribution in [2.45, 2.75) is 25.4 Å². The van der Waals surface area contributed by atoms with Crippen LogP contribution in [0, 0.1) is 0 Å². The molecule has 4 heterocycles. The number of benzene rings is 1. The maximum absolute atomic E-state index is 12.9. The van der Waals surface area contributed by atoms with Gasteiger partial charge in [-0.2, -0.15) is 5.10 Å². The smallest absolute Gasteiger partial charge is 0.255 e. The Morgan fingerprint density at radius 2 is 2.07 bits per heavy atom. The lowest BCUT2D eigenvalue weighted by Crippen LogP contribution is -2.52. The monoisotopic (exact) mass is 377 g/mol. The van der Waals surface area contributed by atoms with Crippen LogP contribution in [0.15, 0.2) is 36.8 Å². The van der Waals surface area contributed by atoms with E-state index in [-0.39, 0.29) is 24.8 Å². The molecule has 2 aromatic heterocycles. The van der Waals surface area contributed by atoms with Crippen LogP contribution in [0.4, 0.5) is 0 Å². The fourth-order valence-electron chi connectivity index (χ4n) is 3.69. The van der Waals surface area contributed by atoms with Gasteiger partial charge < -0.3 is 4.90 Å². The van der Waals surface area contributed by atoms with E-state index in [0.717, 1.165) is 16.8 Å². The summed E-state index contributed by atoms with van der Waals surface area (Å²) >= 11 is 0. The van der Waals surface area contributed by atoms with E-state index >= 15 is 0 Å². The average Bonchev–Trinajstić information content (AvgIpc) is 3.42. The van der Waals surface area contributed by atoms with Crippen LogP contribution in [0.25, 0.3) is 16.9 Å². The highest BCUT2D eigenvalue weighted by molar-refractivity contribution is 6.05. The zero-order chi connectivity index (χ0) is 19.3. The number of aromatic amines is 1. The second-order valence-corrected chi connectivity index (χ2v) is 6.74. The number of carbonyl (C=O) groups excluding carboxylic acids is 3. The number of aromatic nitrogens is 5. The van der Waals surface area contributed by atoms with Gasteiger partial charge in [-0.1, -0.05) is 11.3 Å². The molecule has 1 fully saturated rings. The van der Waals surface area contributed by atoms with Crippen LogP contribution < -0.4 is 5.32 Å². The molecule has 1 aromatic carbocycles. The molecule has 0 radical (unpaired) electrons. The molecule has 10 nitrogen and oxygen atoms in total. The number of amides is 3. The fraction of sp³-hybridized carbons (Fsp3) is 0.222.